The second-order valence-corrected chi connectivity index (χ2v) is 9.71. The van der Waals surface area contributed by atoms with Gasteiger partial charge in [0.15, 0.2) is 0 Å². The molecule has 0 fully saturated rings. The molecule has 3 aromatic carbocycles. The van der Waals surface area contributed by atoms with E-state index in [0.29, 0.717) is 4.90 Å². The van der Waals surface area contributed by atoms with E-state index in [9.17, 15) is 8.77 Å². The zero-order valence-electron chi connectivity index (χ0n) is 15.9. The van der Waals surface area contributed by atoms with Gasteiger partial charge in [-0.15, -0.1) is 0 Å². The lowest BCUT2D eigenvalue weighted by Crippen LogP contribution is -2.04. The Hall–Kier alpha value is -2.04. The standard InChI is InChI=1S/C22H23O4PS/c1-3-25-27(23,26-4-2)22(28(24)20-14-6-5-7-15-20)17-19-13-10-12-18-11-8-9-16-21(18)19/h5-17H,3-4H2,1-2H3/b22-17+. The van der Waals surface area contributed by atoms with Gasteiger partial charge in [-0.2, -0.15) is 0 Å². The Morgan fingerprint density at radius 3 is 2.18 bits per heavy atom. The van der Waals surface area contributed by atoms with E-state index in [1.165, 1.54) is 0 Å². The van der Waals surface area contributed by atoms with Crippen molar-refractivity contribution in [2.75, 3.05) is 13.2 Å². The van der Waals surface area contributed by atoms with Crippen LogP contribution in [0, 0.1) is 0 Å². The van der Waals surface area contributed by atoms with Gasteiger partial charge in [-0.05, 0) is 48.4 Å². The van der Waals surface area contributed by atoms with Crippen molar-refractivity contribution in [2.45, 2.75) is 18.7 Å². The molecule has 0 spiro atoms. The number of fused-ring (bicyclic) bond motifs is 1. The Balaban J connectivity index is 2.21. The highest BCUT2D eigenvalue weighted by Crippen LogP contribution is 2.58. The van der Waals surface area contributed by atoms with Gasteiger partial charge in [-0.1, -0.05) is 60.7 Å². The maximum Gasteiger partial charge on any atom is 0.370 e. The van der Waals surface area contributed by atoms with Gasteiger partial charge < -0.3 is 9.05 Å². The minimum atomic E-state index is -3.73. The second-order valence-electron chi connectivity index (χ2n) is 5.97. The van der Waals surface area contributed by atoms with Crippen LogP contribution in [0.4, 0.5) is 0 Å². The van der Waals surface area contributed by atoms with E-state index in [2.05, 4.69) is 0 Å². The number of benzene rings is 3. The summed E-state index contributed by atoms with van der Waals surface area (Å²) in [7, 11) is -5.42. The predicted octanol–water partition coefficient (Wildman–Crippen LogP) is 6.21. The van der Waals surface area contributed by atoms with Gasteiger partial charge in [-0.3, -0.25) is 4.57 Å². The molecule has 0 heterocycles. The molecule has 0 amide bonds. The van der Waals surface area contributed by atoms with E-state index in [4.69, 9.17) is 9.05 Å². The Kier molecular flexibility index (Phi) is 6.97. The van der Waals surface area contributed by atoms with Crippen molar-refractivity contribution < 1.29 is 17.8 Å². The number of hydrogen-bond donors (Lipinski definition) is 0. The van der Waals surface area contributed by atoms with Crippen LogP contribution in [0.5, 0.6) is 0 Å². The SMILES string of the molecule is CCOP(=O)(OCC)/C(=C\c1cccc2ccccc12)S(=O)c1ccccc1. The number of hydrogen-bond acceptors (Lipinski definition) is 4. The van der Waals surface area contributed by atoms with Crippen molar-refractivity contribution in [3.8, 4) is 0 Å². The van der Waals surface area contributed by atoms with E-state index in [0.717, 1.165) is 16.3 Å². The summed E-state index contributed by atoms with van der Waals surface area (Å²) in [5.41, 5.74) is 0.817. The second kappa shape index (κ2) is 9.44. The molecule has 3 aromatic rings. The van der Waals surface area contributed by atoms with Crippen molar-refractivity contribution in [1.82, 2.24) is 0 Å². The quantitative estimate of drug-likeness (QED) is 0.411. The molecule has 6 heteroatoms. The van der Waals surface area contributed by atoms with Crippen molar-refractivity contribution in [3.63, 3.8) is 0 Å². The van der Waals surface area contributed by atoms with Crippen molar-refractivity contribution in [2.24, 2.45) is 0 Å². The first-order valence-electron chi connectivity index (χ1n) is 9.15. The lowest BCUT2D eigenvalue weighted by molar-refractivity contribution is 0.228. The third kappa shape index (κ3) is 4.50. The van der Waals surface area contributed by atoms with Crippen LogP contribution in [0.25, 0.3) is 16.8 Å². The summed E-state index contributed by atoms with van der Waals surface area (Å²) in [6.07, 6.45) is 1.69. The van der Waals surface area contributed by atoms with E-state index < -0.39 is 18.4 Å². The molecule has 4 nitrogen and oxygen atoms in total. The molecule has 0 bridgehead atoms. The molecule has 0 N–H and O–H groups in total. The predicted molar refractivity (Wildman–Crippen MR) is 116 cm³/mol. The summed E-state index contributed by atoms with van der Waals surface area (Å²) in [6.45, 7) is 3.87. The molecule has 0 saturated heterocycles. The van der Waals surface area contributed by atoms with Gasteiger partial charge in [-0.25, -0.2) is 4.21 Å². The first-order chi connectivity index (χ1) is 13.6. The molecule has 1 unspecified atom stereocenters. The Morgan fingerprint density at radius 1 is 0.893 bits per heavy atom. The summed E-state index contributed by atoms with van der Waals surface area (Å²) in [4.78, 5) is 0.550. The molecule has 0 aliphatic rings. The molecular weight excluding hydrogens is 391 g/mol. The highest BCUT2D eigenvalue weighted by atomic mass is 32.2. The zero-order chi connectivity index (χ0) is 20.0. The van der Waals surface area contributed by atoms with Crippen LogP contribution >= 0.6 is 7.60 Å². The maximum atomic E-state index is 13.6. The lowest BCUT2D eigenvalue weighted by atomic mass is 10.1. The van der Waals surface area contributed by atoms with Gasteiger partial charge >= 0.3 is 7.60 Å². The summed E-state index contributed by atoms with van der Waals surface area (Å²) in [5.74, 6) is 0. The van der Waals surface area contributed by atoms with Gasteiger partial charge in [0.05, 0.1) is 24.0 Å². The van der Waals surface area contributed by atoms with Crippen LogP contribution in [0.15, 0.2) is 82.3 Å². The van der Waals surface area contributed by atoms with E-state index in [-0.39, 0.29) is 17.9 Å². The molecule has 28 heavy (non-hydrogen) atoms. The first kappa shape index (κ1) is 20.7. The summed E-state index contributed by atoms with van der Waals surface area (Å²) in [6, 6.07) is 22.7. The zero-order valence-corrected chi connectivity index (χ0v) is 17.6. The van der Waals surface area contributed by atoms with Crippen LogP contribution in [-0.2, 0) is 24.4 Å². The maximum absolute atomic E-state index is 13.6. The fourth-order valence-corrected chi connectivity index (χ4v) is 6.54. The summed E-state index contributed by atoms with van der Waals surface area (Å²) in [5, 5.41) is 2.02. The highest BCUT2D eigenvalue weighted by molar-refractivity contribution is 7.98. The minimum Gasteiger partial charge on any atom is -0.305 e. The monoisotopic (exact) mass is 414 g/mol. The van der Waals surface area contributed by atoms with Gasteiger partial charge in [0.1, 0.15) is 4.65 Å². The molecule has 1 atom stereocenters. The highest BCUT2D eigenvalue weighted by Gasteiger charge is 2.35. The minimum absolute atomic E-state index is 0.152. The van der Waals surface area contributed by atoms with Crippen LogP contribution in [0.1, 0.15) is 19.4 Å². The lowest BCUT2D eigenvalue weighted by Gasteiger charge is -2.20. The van der Waals surface area contributed by atoms with Crippen LogP contribution in [0.3, 0.4) is 0 Å². The molecule has 0 saturated carbocycles. The summed E-state index contributed by atoms with van der Waals surface area (Å²) >= 11 is 0. The molecule has 0 aliphatic heterocycles. The van der Waals surface area contributed by atoms with Gasteiger partial charge in [0, 0.05) is 4.90 Å². The van der Waals surface area contributed by atoms with E-state index in [1.807, 2.05) is 48.5 Å². The summed E-state index contributed by atoms with van der Waals surface area (Å²) < 4.78 is 38.2. The van der Waals surface area contributed by atoms with Gasteiger partial charge in [0.25, 0.3) is 0 Å². The van der Waals surface area contributed by atoms with Crippen molar-refractivity contribution >= 4 is 35.2 Å². The molecule has 146 valence electrons. The largest absolute Gasteiger partial charge is 0.370 e. The van der Waals surface area contributed by atoms with Crippen LogP contribution in [-0.4, -0.2) is 17.4 Å². The molecule has 3 rings (SSSR count). The van der Waals surface area contributed by atoms with Crippen LogP contribution in [0.2, 0.25) is 0 Å². The Bertz CT molecular complexity index is 1030. The fourth-order valence-electron chi connectivity index (χ4n) is 2.91. The smallest absolute Gasteiger partial charge is 0.305 e. The average molecular weight is 414 g/mol. The molecule has 0 radical (unpaired) electrons. The topological polar surface area (TPSA) is 52.6 Å². The average Bonchev–Trinajstić information content (AvgIpc) is 2.72. The third-order valence-electron chi connectivity index (χ3n) is 4.12. The third-order valence-corrected chi connectivity index (χ3v) is 8.35. The molecule has 0 aromatic heterocycles. The van der Waals surface area contributed by atoms with Crippen LogP contribution < -0.4 is 0 Å². The number of rotatable bonds is 8. The first-order valence-corrected chi connectivity index (χ1v) is 11.8. The fraction of sp³-hybridized carbons (Fsp3) is 0.182. The van der Waals surface area contributed by atoms with E-state index in [1.54, 1.807) is 44.2 Å². The molecule has 0 aliphatic carbocycles. The van der Waals surface area contributed by atoms with Gasteiger partial charge in [0.2, 0.25) is 0 Å². The molecular formula is C22H23O4PS. The Labute approximate surface area is 168 Å². The van der Waals surface area contributed by atoms with E-state index >= 15 is 0 Å². The Morgan fingerprint density at radius 2 is 1.50 bits per heavy atom. The van der Waals surface area contributed by atoms with Crippen molar-refractivity contribution in [3.05, 3.63) is 83.0 Å². The normalized spacial score (nSPS) is 13.6. The van der Waals surface area contributed by atoms with Crippen molar-refractivity contribution in [1.29, 1.82) is 0 Å².